The third kappa shape index (κ3) is 6.89. The van der Waals surface area contributed by atoms with Gasteiger partial charge in [0.05, 0.1) is 54.3 Å². The summed E-state index contributed by atoms with van der Waals surface area (Å²) in [6.45, 7) is 5.08. The van der Waals surface area contributed by atoms with Crippen molar-refractivity contribution >= 4 is 35.6 Å². The van der Waals surface area contributed by atoms with Crippen LogP contribution in [0.5, 0.6) is 23.0 Å². The van der Waals surface area contributed by atoms with Crippen LogP contribution in [0.25, 0.3) is 11.3 Å². The van der Waals surface area contributed by atoms with Crippen LogP contribution in [0.4, 0.5) is 5.69 Å². The summed E-state index contributed by atoms with van der Waals surface area (Å²) in [6, 6.07) is 8.71. The summed E-state index contributed by atoms with van der Waals surface area (Å²) in [5.41, 5.74) is 2.41. The van der Waals surface area contributed by atoms with E-state index in [0.717, 1.165) is 0 Å². The number of esters is 1. The van der Waals surface area contributed by atoms with Gasteiger partial charge in [-0.15, -0.1) is 0 Å². The number of carbonyl (C=O) groups excluding carboxylic acids is 2. The Kier molecular flexibility index (Phi) is 10.6. The molecule has 0 aliphatic rings. The molecule has 11 nitrogen and oxygen atoms in total. The first kappa shape index (κ1) is 28.0. The predicted molar refractivity (Wildman–Crippen MR) is 136 cm³/mol. The molecule has 1 amide bonds. The number of hydrogen-bond donors (Lipinski definition) is 2. The van der Waals surface area contributed by atoms with Crippen LogP contribution in [-0.2, 0) is 19.2 Å². The molecule has 0 spiro atoms. The SMILES string of the molecule is C=NO/C(=C(\C)c1ccc(OC)c(NC(=O)CNCC(=O)OC)c1)c1cc(OC)c(OC)c(OC)c1. The van der Waals surface area contributed by atoms with Crippen LogP contribution < -0.4 is 29.6 Å². The van der Waals surface area contributed by atoms with Crippen LogP contribution >= 0.6 is 0 Å². The molecule has 2 rings (SSSR count). The fourth-order valence-corrected chi connectivity index (χ4v) is 3.33. The molecule has 0 saturated carbocycles. The average molecular weight is 502 g/mol. The maximum Gasteiger partial charge on any atom is 0.319 e. The molecule has 0 aliphatic carbocycles. The highest BCUT2D eigenvalue weighted by Crippen LogP contribution is 2.42. The lowest BCUT2D eigenvalue weighted by Crippen LogP contribution is -2.32. The van der Waals surface area contributed by atoms with Crippen molar-refractivity contribution < 1.29 is 38.1 Å². The molecule has 2 aromatic carbocycles. The van der Waals surface area contributed by atoms with Gasteiger partial charge < -0.3 is 33.8 Å². The van der Waals surface area contributed by atoms with Gasteiger partial charge in [0.15, 0.2) is 17.3 Å². The number of oxime groups is 1. The number of allylic oxidation sites excluding steroid dienone is 1. The highest BCUT2D eigenvalue weighted by atomic mass is 16.6. The van der Waals surface area contributed by atoms with E-state index in [-0.39, 0.29) is 19.0 Å². The Balaban J connectivity index is 2.47. The number of nitrogens with one attached hydrogen (secondary N) is 2. The molecule has 36 heavy (non-hydrogen) atoms. The minimum absolute atomic E-state index is 0.0903. The van der Waals surface area contributed by atoms with Crippen molar-refractivity contribution in [2.24, 2.45) is 5.16 Å². The first-order valence-corrected chi connectivity index (χ1v) is 10.7. The van der Waals surface area contributed by atoms with E-state index in [1.807, 2.05) is 13.0 Å². The molecule has 194 valence electrons. The van der Waals surface area contributed by atoms with Crippen molar-refractivity contribution in [1.29, 1.82) is 0 Å². The number of methoxy groups -OCH3 is 5. The fourth-order valence-electron chi connectivity index (χ4n) is 3.33. The van der Waals surface area contributed by atoms with Gasteiger partial charge in [-0.05, 0) is 36.8 Å². The predicted octanol–water partition coefficient (Wildman–Crippen LogP) is 2.94. The van der Waals surface area contributed by atoms with E-state index in [1.165, 1.54) is 35.5 Å². The molecule has 0 bridgehead atoms. The minimum Gasteiger partial charge on any atom is -0.495 e. The quantitative estimate of drug-likeness (QED) is 0.140. The summed E-state index contributed by atoms with van der Waals surface area (Å²) >= 11 is 0. The van der Waals surface area contributed by atoms with Crippen molar-refractivity contribution in [2.75, 3.05) is 54.0 Å². The second kappa shape index (κ2) is 13.6. The Morgan fingerprint density at radius 1 is 0.861 bits per heavy atom. The lowest BCUT2D eigenvalue weighted by molar-refractivity contribution is -0.139. The summed E-state index contributed by atoms with van der Waals surface area (Å²) in [6.07, 6.45) is 0. The summed E-state index contributed by atoms with van der Waals surface area (Å²) in [5.74, 6) is 1.29. The molecule has 0 atom stereocenters. The number of anilines is 1. The zero-order valence-electron chi connectivity index (χ0n) is 21.2. The molecule has 0 unspecified atom stereocenters. The molecular formula is C25H31N3O8. The van der Waals surface area contributed by atoms with Crippen molar-refractivity contribution in [2.45, 2.75) is 6.92 Å². The van der Waals surface area contributed by atoms with Gasteiger partial charge in [-0.1, -0.05) is 11.2 Å². The molecular weight excluding hydrogens is 470 g/mol. The number of carbonyl (C=O) groups is 2. The zero-order chi connectivity index (χ0) is 26.7. The maximum atomic E-state index is 12.4. The summed E-state index contributed by atoms with van der Waals surface area (Å²) in [4.78, 5) is 29.2. The largest absolute Gasteiger partial charge is 0.495 e. The van der Waals surface area contributed by atoms with Gasteiger partial charge in [0.2, 0.25) is 11.7 Å². The number of hydrogen-bond acceptors (Lipinski definition) is 10. The van der Waals surface area contributed by atoms with Crippen LogP contribution in [0.2, 0.25) is 0 Å². The van der Waals surface area contributed by atoms with Crippen LogP contribution in [0, 0.1) is 0 Å². The van der Waals surface area contributed by atoms with Gasteiger partial charge in [-0.25, -0.2) is 0 Å². The van der Waals surface area contributed by atoms with Gasteiger partial charge in [-0.3, -0.25) is 14.9 Å². The fraction of sp³-hybridized carbons (Fsp3) is 0.320. The van der Waals surface area contributed by atoms with Crippen molar-refractivity contribution in [3.63, 3.8) is 0 Å². The summed E-state index contributed by atoms with van der Waals surface area (Å²) < 4.78 is 26.2. The van der Waals surface area contributed by atoms with Gasteiger partial charge in [0.1, 0.15) is 5.75 Å². The van der Waals surface area contributed by atoms with Gasteiger partial charge in [0, 0.05) is 17.9 Å². The second-order valence-electron chi connectivity index (χ2n) is 7.23. The number of amides is 1. The average Bonchev–Trinajstić information content (AvgIpc) is 2.90. The van der Waals surface area contributed by atoms with Gasteiger partial charge in [0.25, 0.3) is 0 Å². The van der Waals surface area contributed by atoms with E-state index in [1.54, 1.807) is 24.3 Å². The molecule has 11 heteroatoms. The number of nitrogens with zero attached hydrogens (tertiary/aromatic N) is 1. The van der Waals surface area contributed by atoms with Crippen LogP contribution in [0.15, 0.2) is 35.5 Å². The van der Waals surface area contributed by atoms with E-state index in [9.17, 15) is 9.59 Å². The van der Waals surface area contributed by atoms with E-state index in [0.29, 0.717) is 51.1 Å². The smallest absolute Gasteiger partial charge is 0.319 e. The molecule has 0 aliphatic heterocycles. The summed E-state index contributed by atoms with van der Waals surface area (Å²) in [5, 5.41) is 9.10. The first-order valence-electron chi connectivity index (χ1n) is 10.7. The van der Waals surface area contributed by atoms with E-state index in [4.69, 9.17) is 23.8 Å². The first-order chi connectivity index (χ1) is 17.3. The molecule has 2 aromatic rings. The number of benzene rings is 2. The van der Waals surface area contributed by atoms with Crippen molar-refractivity contribution in [3.8, 4) is 23.0 Å². The lowest BCUT2D eigenvalue weighted by Gasteiger charge is -2.17. The van der Waals surface area contributed by atoms with Crippen LogP contribution in [0.1, 0.15) is 18.1 Å². The number of ether oxygens (including phenoxy) is 5. The van der Waals surface area contributed by atoms with Crippen molar-refractivity contribution in [1.82, 2.24) is 5.32 Å². The van der Waals surface area contributed by atoms with Crippen molar-refractivity contribution in [3.05, 3.63) is 41.5 Å². The zero-order valence-corrected chi connectivity index (χ0v) is 21.2. The monoisotopic (exact) mass is 501 g/mol. The Morgan fingerprint density at radius 3 is 2.03 bits per heavy atom. The Bertz CT molecular complexity index is 1110. The Morgan fingerprint density at radius 2 is 1.50 bits per heavy atom. The van der Waals surface area contributed by atoms with Crippen LogP contribution in [0.3, 0.4) is 0 Å². The number of rotatable bonds is 13. The van der Waals surface area contributed by atoms with Crippen LogP contribution in [-0.4, -0.2) is 67.2 Å². The Hall–Kier alpha value is -4.25. The minimum atomic E-state index is -0.474. The normalized spacial score (nSPS) is 11.1. The molecule has 0 heterocycles. The topological polar surface area (TPSA) is 126 Å². The molecule has 0 aromatic heterocycles. The standard InChI is InChI=1S/C25H31N3O8/c1-15(24(36-26-2)17-11-20(32-4)25(35-7)21(12-17)33-5)16-8-9-19(31-3)18(10-16)28-22(29)13-27-14-23(30)34-6/h8-12,27H,2,13-14H2,1,3-7H3,(H,28,29)/b24-15+. The maximum absolute atomic E-state index is 12.4. The van der Waals surface area contributed by atoms with E-state index < -0.39 is 5.97 Å². The molecule has 0 fully saturated rings. The highest BCUT2D eigenvalue weighted by molar-refractivity contribution is 5.95. The third-order valence-electron chi connectivity index (χ3n) is 5.11. The molecule has 0 saturated heterocycles. The van der Waals surface area contributed by atoms with E-state index in [2.05, 4.69) is 27.2 Å². The second-order valence-corrected chi connectivity index (χ2v) is 7.23. The Labute approximate surface area is 209 Å². The lowest BCUT2D eigenvalue weighted by atomic mass is 10.0. The molecule has 0 radical (unpaired) electrons. The van der Waals surface area contributed by atoms with Gasteiger partial charge >= 0.3 is 5.97 Å². The van der Waals surface area contributed by atoms with Gasteiger partial charge in [-0.2, -0.15) is 0 Å². The highest BCUT2D eigenvalue weighted by Gasteiger charge is 2.19. The van der Waals surface area contributed by atoms with E-state index >= 15 is 0 Å². The molecule has 2 N–H and O–H groups in total. The third-order valence-corrected chi connectivity index (χ3v) is 5.11. The summed E-state index contributed by atoms with van der Waals surface area (Å²) in [7, 11) is 7.32.